The van der Waals surface area contributed by atoms with E-state index in [0.717, 1.165) is 40.2 Å². The highest BCUT2D eigenvalue weighted by Crippen LogP contribution is 2.32. The lowest BCUT2D eigenvalue weighted by atomic mass is 9.73. The second-order valence-electron chi connectivity index (χ2n) is 11.2. The summed E-state index contributed by atoms with van der Waals surface area (Å²) in [7, 11) is -2.00. The van der Waals surface area contributed by atoms with Gasteiger partial charge in [0.2, 0.25) is 5.91 Å². The summed E-state index contributed by atoms with van der Waals surface area (Å²) in [6.45, 7) is -0.534. The second-order valence-corrected chi connectivity index (χ2v) is 11.2. The van der Waals surface area contributed by atoms with E-state index in [0.29, 0.717) is 4.68 Å². The number of benzene rings is 1. The van der Waals surface area contributed by atoms with Gasteiger partial charge in [0.15, 0.2) is 5.69 Å². The van der Waals surface area contributed by atoms with Crippen LogP contribution in [0.4, 0.5) is 26.3 Å². The van der Waals surface area contributed by atoms with Crippen molar-refractivity contribution in [1.29, 1.82) is 0 Å². The number of halogens is 6. The normalized spacial score (nSPS) is 14.5. The molecule has 0 aliphatic carbocycles. The third kappa shape index (κ3) is 6.62. The standard InChI is InChI=1S/C26H26BF6N9O4/c1-25(2,12-42-18(17-10-34-39-37-17)8-20(38-42)26(31,32)33)36-22(43)19(7-13-9-35-41(11-13)24(29)30)40-6-5-14-15(27(45)46)3-4-16(28)21(14)23(40)44/h3-4,8-11,19,24,45-46H,5-7,12H2,1-2H3,(H,36,43)(H,34,37,39)/t19-/m1/s1. The molecule has 4 N–H and O–H groups in total. The summed E-state index contributed by atoms with van der Waals surface area (Å²) in [6, 6.07) is 1.34. The highest BCUT2D eigenvalue weighted by atomic mass is 19.4. The summed E-state index contributed by atoms with van der Waals surface area (Å²) in [5.41, 5.74) is -2.96. The second kappa shape index (κ2) is 12.2. The molecule has 0 spiro atoms. The van der Waals surface area contributed by atoms with Crippen molar-refractivity contribution < 1.29 is 46.0 Å². The maximum atomic E-state index is 15.0. The Morgan fingerprint density at radius 2 is 1.93 bits per heavy atom. The van der Waals surface area contributed by atoms with Crippen LogP contribution in [-0.2, 0) is 30.4 Å². The number of hydrogen-bond donors (Lipinski definition) is 4. The maximum absolute atomic E-state index is 15.0. The Kier molecular flexibility index (Phi) is 8.69. The number of aromatic nitrogens is 7. The van der Waals surface area contributed by atoms with Crippen LogP contribution in [0.1, 0.15) is 47.6 Å². The van der Waals surface area contributed by atoms with Gasteiger partial charge in [-0.15, -0.1) is 0 Å². The number of nitrogens with one attached hydrogen (secondary N) is 2. The number of aromatic amines is 1. The number of fused-ring (bicyclic) bond motifs is 1. The van der Waals surface area contributed by atoms with Crippen LogP contribution >= 0.6 is 0 Å². The van der Waals surface area contributed by atoms with Crippen molar-refractivity contribution in [1.82, 2.24) is 45.2 Å². The van der Waals surface area contributed by atoms with E-state index < -0.39 is 60.3 Å². The minimum atomic E-state index is -4.79. The minimum Gasteiger partial charge on any atom is -0.423 e. The van der Waals surface area contributed by atoms with Gasteiger partial charge in [0, 0.05) is 19.2 Å². The number of nitrogens with zero attached hydrogens (tertiary/aromatic N) is 7. The quantitative estimate of drug-likeness (QED) is 0.147. The highest BCUT2D eigenvalue weighted by molar-refractivity contribution is 6.59. The van der Waals surface area contributed by atoms with E-state index >= 15 is 0 Å². The molecule has 20 heteroatoms. The SMILES string of the molecule is CC(C)(Cn1nc(C(F)(F)F)cc1-c1cn[nH]n1)NC(=O)[C@@H](Cc1cnn(C(F)F)c1)N1CCc2c(B(O)O)ccc(F)c2C1=O. The van der Waals surface area contributed by atoms with E-state index in [4.69, 9.17) is 0 Å². The van der Waals surface area contributed by atoms with E-state index in [1.54, 1.807) is 0 Å². The molecule has 3 aromatic heterocycles. The van der Waals surface area contributed by atoms with Gasteiger partial charge in [-0.2, -0.15) is 47.6 Å². The third-order valence-electron chi connectivity index (χ3n) is 7.37. The largest absolute Gasteiger partial charge is 0.488 e. The summed E-state index contributed by atoms with van der Waals surface area (Å²) in [5.74, 6) is -2.77. The van der Waals surface area contributed by atoms with Crippen LogP contribution in [0.25, 0.3) is 11.4 Å². The topological polar surface area (TPSA) is 167 Å². The van der Waals surface area contributed by atoms with Crippen LogP contribution in [0.2, 0.25) is 0 Å². The molecule has 13 nitrogen and oxygen atoms in total. The smallest absolute Gasteiger partial charge is 0.423 e. The fourth-order valence-corrected chi connectivity index (χ4v) is 5.35. The van der Waals surface area contributed by atoms with Gasteiger partial charge in [-0.25, -0.2) is 9.07 Å². The summed E-state index contributed by atoms with van der Waals surface area (Å²) >= 11 is 0. The molecule has 46 heavy (non-hydrogen) atoms. The van der Waals surface area contributed by atoms with Crippen LogP contribution in [0.3, 0.4) is 0 Å². The molecule has 1 aliphatic rings. The van der Waals surface area contributed by atoms with E-state index in [1.165, 1.54) is 20.0 Å². The first-order valence-corrected chi connectivity index (χ1v) is 13.7. The zero-order valence-electron chi connectivity index (χ0n) is 24.1. The van der Waals surface area contributed by atoms with E-state index in [2.05, 4.69) is 30.9 Å². The number of rotatable bonds is 10. The Morgan fingerprint density at radius 3 is 2.54 bits per heavy atom. The van der Waals surface area contributed by atoms with Gasteiger partial charge in [0.1, 0.15) is 17.6 Å². The number of H-pyrrole nitrogens is 1. The van der Waals surface area contributed by atoms with Crippen molar-refractivity contribution in [2.75, 3.05) is 6.54 Å². The molecule has 1 atom stereocenters. The Morgan fingerprint density at radius 1 is 1.20 bits per heavy atom. The van der Waals surface area contributed by atoms with Crippen LogP contribution < -0.4 is 10.8 Å². The van der Waals surface area contributed by atoms with Crippen LogP contribution in [0, 0.1) is 5.82 Å². The fourth-order valence-electron chi connectivity index (χ4n) is 5.35. The lowest BCUT2D eigenvalue weighted by molar-refractivity contribution is -0.141. The summed E-state index contributed by atoms with van der Waals surface area (Å²) < 4.78 is 83.4. The van der Waals surface area contributed by atoms with Gasteiger partial charge in [-0.1, -0.05) is 6.07 Å². The Balaban J connectivity index is 1.47. The van der Waals surface area contributed by atoms with Gasteiger partial charge >= 0.3 is 19.8 Å². The molecular weight excluding hydrogens is 627 g/mol. The Hall–Kier alpha value is -4.72. The summed E-state index contributed by atoms with van der Waals surface area (Å²) in [5, 5.41) is 39.1. The molecular formula is C26H26BF6N9O4. The molecule has 244 valence electrons. The predicted molar refractivity (Wildman–Crippen MR) is 147 cm³/mol. The van der Waals surface area contributed by atoms with E-state index in [-0.39, 0.29) is 53.9 Å². The molecule has 1 aromatic carbocycles. The number of hydrogen-bond acceptors (Lipinski definition) is 8. The van der Waals surface area contributed by atoms with Crippen molar-refractivity contribution in [2.45, 2.75) is 57.5 Å². The lowest BCUT2D eigenvalue weighted by Crippen LogP contribution is -2.58. The van der Waals surface area contributed by atoms with Crippen LogP contribution in [0.5, 0.6) is 0 Å². The molecule has 4 aromatic rings. The van der Waals surface area contributed by atoms with E-state index in [9.17, 15) is 46.0 Å². The summed E-state index contributed by atoms with van der Waals surface area (Å²) in [6.07, 6.45) is -1.97. The van der Waals surface area contributed by atoms with Crippen molar-refractivity contribution in [3.8, 4) is 11.4 Å². The van der Waals surface area contributed by atoms with Crippen molar-refractivity contribution in [3.05, 3.63) is 65.0 Å². The van der Waals surface area contributed by atoms with Crippen molar-refractivity contribution in [2.24, 2.45) is 0 Å². The molecule has 0 saturated heterocycles. The maximum Gasteiger partial charge on any atom is 0.488 e. The Bertz CT molecular complexity index is 1740. The van der Waals surface area contributed by atoms with Crippen molar-refractivity contribution in [3.63, 3.8) is 0 Å². The number of alkyl halides is 5. The molecule has 0 unspecified atom stereocenters. The van der Waals surface area contributed by atoms with Gasteiger partial charge in [0.25, 0.3) is 5.91 Å². The molecule has 2 amide bonds. The van der Waals surface area contributed by atoms with E-state index in [1.807, 2.05) is 0 Å². The van der Waals surface area contributed by atoms with Crippen LogP contribution in [0.15, 0.2) is 36.8 Å². The predicted octanol–water partition coefficient (Wildman–Crippen LogP) is 1.30. The van der Waals surface area contributed by atoms with Crippen LogP contribution in [-0.4, -0.2) is 87.0 Å². The number of carbonyl (C=O) groups is 2. The first-order valence-electron chi connectivity index (χ1n) is 13.7. The van der Waals surface area contributed by atoms with Gasteiger partial charge < -0.3 is 20.3 Å². The summed E-state index contributed by atoms with van der Waals surface area (Å²) in [4.78, 5) is 28.6. The molecule has 0 saturated carbocycles. The zero-order chi connectivity index (χ0) is 33.6. The average molecular weight is 653 g/mol. The van der Waals surface area contributed by atoms with Gasteiger partial charge in [-0.3, -0.25) is 14.3 Å². The van der Waals surface area contributed by atoms with Crippen molar-refractivity contribution >= 4 is 24.4 Å². The number of amides is 2. The Labute approximate surface area is 256 Å². The average Bonchev–Trinajstić information content (AvgIpc) is 3.72. The molecule has 1 aliphatic heterocycles. The zero-order valence-corrected chi connectivity index (χ0v) is 24.1. The molecule has 4 heterocycles. The molecule has 5 rings (SSSR count). The fraction of sp³-hybridized carbons (Fsp3) is 0.385. The monoisotopic (exact) mass is 653 g/mol. The molecule has 0 bridgehead atoms. The molecule has 0 radical (unpaired) electrons. The molecule has 0 fully saturated rings. The van der Waals surface area contributed by atoms with Gasteiger partial charge in [-0.05, 0) is 49.0 Å². The first-order chi connectivity index (χ1) is 21.6. The van der Waals surface area contributed by atoms with Gasteiger partial charge in [0.05, 0.1) is 35.7 Å². The third-order valence-corrected chi connectivity index (χ3v) is 7.37. The minimum absolute atomic E-state index is 0.0424. The highest BCUT2D eigenvalue weighted by Gasteiger charge is 2.40. The lowest BCUT2D eigenvalue weighted by Gasteiger charge is -2.37. The first kappa shape index (κ1) is 32.7. The number of carbonyl (C=O) groups excluding carboxylic acids is 2.